The fourth-order valence-corrected chi connectivity index (χ4v) is 4.32. The van der Waals surface area contributed by atoms with Gasteiger partial charge in [-0.1, -0.05) is 47.2 Å². The van der Waals surface area contributed by atoms with Crippen molar-refractivity contribution in [3.05, 3.63) is 77.2 Å². The largest absolute Gasteiger partial charge is 0.375 e. The Kier molecular flexibility index (Phi) is 5.07. The number of hydrogen-bond donors (Lipinski definition) is 2. The zero-order chi connectivity index (χ0) is 18.8. The molecule has 2 aromatic heterocycles. The zero-order valence-electron chi connectivity index (χ0n) is 14.6. The molecule has 1 atom stereocenters. The highest BCUT2D eigenvalue weighted by atomic mass is 35.5. The number of fused-ring (bicyclic) bond motifs is 1. The Labute approximate surface area is 166 Å². The number of hydrogen-bond acceptors (Lipinski definition) is 5. The summed E-state index contributed by atoms with van der Waals surface area (Å²) >= 11 is 7.57. The molecule has 0 saturated carbocycles. The zero-order valence-corrected chi connectivity index (χ0v) is 16.2. The van der Waals surface area contributed by atoms with Crippen LogP contribution in [-0.4, -0.2) is 16.0 Å². The normalized spacial score (nSPS) is 12.4. The first-order valence-electron chi connectivity index (χ1n) is 8.68. The minimum absolute atomic E-state index is 0.0617. The van der Waals surface area contributed by atoms with Crippen molar-refractivity contribution >= 4 is 38.8 Å². The number of nitrogen functional groups attached to an aromatic ring is 1. The van der Waals surface area contributed by atoms with E-state index >= 15 is 0 Å². The first kappa shape index (κ1) is 17.9. The summed E-state index contributed by atoms with van der Waals surface area (Å²) in [6.45, 7) is 0. The van der Waals surface area contributed by atoms with E-state index in [0.29, 0.717) is 11.6 Å². The minimum atomic E-state index is -0.0617. The van der Waals surface area contributed by atoms with Gasteiger partial charge in [0.1, 0.15) is 0 Å². The molecule has 0 unspecified atom stereocenters. The van der Waals surface area contributed by atoms with Gasteiger partial charge in [0.25, 0.3) is 0 Å². The predicted molar refractivity (Wildman–Crippen MR) is 114 cm³/mol. The molecule has 0 bridgehead atoms. The van der Waals surface area contributed by atoms with Crippen molar-refractivity contribution in [2.45, 2.75) is 18.9 Å². The quantitative estimate of drug-likeness (QED) is 0.514. The van der Waals surface area contributed by atoms with Gasteiger partial charge in [-0.2, -0.15) is 0 Å². The van der Waals surface area contributed by atoms with Gasteiger partial charge in [-0.05, 0) is 47.2 Å². The molecule has 2 heterocycles. The molecule has 4 rings (SSSR count). The number of pyridine rings is 1. The third-order valence-electron chi connectivity index (χ3n) is 4.46. The maximum absolute atomic E-state index is 6.41. The molecule has 0 radical (unpaired) electrons. The number of thiazole rings is 1. The summed E-state index contributed by atoms with van der Waals surface area (Å²) in [6.07, 6.45) is 5.06. The van der Waals surface area contributed by atoms with Gasteiger partial charge < -0.3 is 11.5 Å². The molecule has 0 saturated heterocycles. The highest BCUT2D eigenvalue weighted by Gasteiger charge is 2.16. The molecule has 0 aliphatic carbocycles. The van der Waals surface area contributed by atoms with E-state index in [1.807, 2.05) is 36.5 Å². The fourth-order valence-electron chi connectivity index (χ4n) is 3.25. The predicted octanol–water partition coefficient (Wildman–Crippen LogP) is 4.71. The Morgan fingerprint density at radius 1 is 1.04 bits per heavy atom. The van der Waals surface area contributed by atoms with Crippen molar-refractivity contribution in [1.82, 2.24) is 9.97 Å². The lowest BCUT2D eigenvalue weighted by molar-refractivity contribution is 0.657. The lowest BCUT2D eigenvalue weighted by Crippen LogP contribution is -2.26. The van der Waals surface area contributed by atoms with Crippen molar-refractivity contribution in [1.29, 1.82) is 0 Å². The second kappa shape index (κ2) is 7.64. The van der Waals surface area contributed by atoms with Crippen molar-refractivity contribution in [3.8, 4) is 10.4 Å². The Bertz CT molecular complexity index is 1090. The van der Waals surface area contributed by atoms with Gasteiger partial charge in [0.15, 0.2) is 5.13 Å². The molecule has 0 amide bonds. The van der Waals surface area contributed by atoms with Gasteiger partial charge in [0, 0.05) is 35.3 Å². The summed E-state index contributed by atoms with van der Waals surface area (Å²) in [4.78, 5) is 9.79. The van der Waals surface area contributed by atoms with E-state index in [1.54, 1.807) is 6.20 Å². The Balaban J connectivity index is 1.60. The van der Waals surface area contributed by atoms with Gasteiger partial charge in [-0.3, -0.25) is 4.98 Å². The first-order chi connectivity index (χ1) is 13.1. The standard InChI is InChI=1S/C21H19ClN4S/c22-17-3-1-2-13(8-17)9-18(23)11-19-20(27-21(24)26-19)15-4-5-16-12-25-7-6-14(16)10-15/h1-8,10,12,18H,9,11,23H2,(H2,24,26)/t18-/m0/s1. The second-order valence-corrected chi connectivity index (χ2v) is 8.03. The molecule has 27 heavy (non-hydrogen) atoms. The van der Waals surface area contributed by atoms with Gasteiger partial charge >= 0.3 is 0 Å². The van der Waals surface area contributed by atoms with Crippen molar-refractivity contribution < 1.29 is 0 Å². The molecule has 6 heteroatoms. The van der Waals surface area contributed by atoms with Crippen LogP contribution in [0.3, 0.4) is 0 Å². The van der Waals surface area contributed by atoms with Crippen molar-refractivity contribution in [2.75, 3.05) is 5.73 Å². The molecule has 4 nitrogen and oxygen atoms in total. The molecular formula is C21H19ClN4S. The monoisotopic (exact) mass is 394 g/mol. The average molecular weight is 395 g/mol. The molecular weight excluding hydrogens is 376 g/mol. The highest BCUT2D eigenvalue weighted by molar-refractivity contribution is 7.18. The lowest BCUT2D eigenvalue weighted by atomic mass is 10.0. The maximum atomic E-state index is 6.41. The molecule has 136 valence electrons. The summed E-state index contributed by atoms with van der Waals surface area (Å²) in [5.74, 6) is 0. The van der Waals surface area contributed by atoms with Gasteiger partial charge in [-0.25, -0.2) is 4.98 Å². The van der Waals surface area contributed by atoms with Gasteiger partial charge in [0.05, 0.1) is 10.6 Å². The lowest BCUT2D eigenvalue weighted by Gasteiger charge is -2.12. The summed E-state index contributed by atoms with van der Waals surface area (Å²) in [5, 5.41) is 3.54. The highest BCUT2D eigenvalue weighted by Crippen LogP contribution is 2.34. The van der Waals surface area contributed by atoms with Crippen LogP contribution in [0.15, 0.2) is 60.9 Å². The number of benzene rings is 2. The molecule has 0 aliphatic heterocycles. The molecule has 4 N–H and O–H groups in total. The number of nitrogens with zero attached hydrogens (tertiary/aromatic N) is 2. The summed E-state index contributed by atoms with van der Waals surface area (Å²) < 4.78 is 0. The van der Waals surface area contributed by atoms with Crippen LogP contribution in [0.4, 0.5) is 5.13 Å². The van der Waals surface area contributed by atoms with E-state index in [9.17, 15) is 0 Å². The smallest absolute Gasteiger partial charge is 0.180 e. The van der Waals surface area contributed by atoms with E-state index in [4.69, 9.17) is 23.1 Å². The summed E-state index contributed by atoms with van der Waals surface area (Å²) in [7, 11) is 0. The van der Waals surface area contributed by atoms with Crippen LogP contribution >= 0.6 is 22.9 Å². The van der Waals surface area contributed by atoms with E-state index in [-0.39, 0.29) is 6.04 Å². The van der Waals surface area contributed by atoms with Crippen LogP contribution in [0.2, 0.25) is 5.02 Å². The Hall–Kier alpha value is -2.47. The van der Waals surface area contributed by atoms with E-state index in [0.717, 1.165) is 43.9 Å². The molecule has 0 fully saturated rings. The average Bonchev–Trinajstić information content (AvgIpc) is 3.01. The Morgan fingerprint density at radius 2 is 1.93 bits per heavy atom. The molecule has 0 aliphatic rings. The van der Waals surface area contributed by atoms with Crippen LogP contribution in [0.1, 0.15) is 11.3 Å². The SMILES string of the molecule is Nc1nc(C[C@@H](N)Cc2cccc(Cl)c2)c(-c2ccc3cnccc3c2)s1. The first-order valence-corrected chi connectivity index (χ1v) is 9.87. The van der Waals surface area contributed by atoms with Crippen LogP contribution in [0.5, 0.6) is 0 Å². The number of aromatic nitrogens is 2. The van der Waals surface area contributed by atoms with Crippen LogP contribution in [-0.2, 0) is 12.8 Å². The fraction of sp³-hybridized carbons (Fsp3) is 0.143. The van der Waals surface area contributed by atoms with Gasteiger partial charge in [-0.15, -0.1) is 0 Å². The molecule has 2 aromatic carbocycles. The maximum Gasteiger partial charge on any atom is 0.180 e. The van der Waals surface area contributed by atoms with E-state index in [2.05, 4.69) is 28.2 Å². The minimum Gasteiger partial charge on any atom is -0.375 e. The number of nitrogens with two attached hydrogens (primary N) is 2. The van der Waals surface area contributed by atoms with Crippen LogP contribution < -0.4 is 11.5 Å². The van der Waals surface area contributed by atoms with E-state index < -0.39 is 0 Å². The summed E-state index contributed by atoms with van der Waals surface area (Å²) in [5.41, 5.74) is 15.6. The van der Waals surface area contributed by atoms with Crippen LogP contribution in [0, 0.1) is 0 Å². The number of anilines is 1. The third kappa shape index (κ3) is 4.11. The number of rotatable bonds is 5. The number of halogens is 1. The van der Waals surface area contributed by atoms with Crippen molar-refractivity contribution in [3.63, 3.8) is 0 Å². The Morgan fingerprint density at radius 3 is 2.78 bits per heavy atom. The molecule has 0 spiro atoms. The van der Waals surface area contributed by atoms with Crippen molar-refractivity contribution in [2.24, 2.45) is 5.73 Å². The second-order valence-electron chi connectivity index (χ2n) is 6.56. The van der Waals surface area contributed by atoms with Crippen LogP contribution in [0.25, 0.3) is 21.2 Å². The molecule has 4 aromatic rings. The van der Waals surface area contributed by atoms with Gasteiger partial charge in [0.2, 0.25) is 0 Å². The third-order valence-corrected chi connectivity index (χ3v) is 5.67. The topological polar surface area (TPSA) is 77.8 Å². The van der Waals surface area contributed by atoms with E-state index in [1.165, 1.54) is 11.3 Å². The summed E-state index contributed by atoms with van der Waals surface area (Å²) in [6, 6.07) is 16.1.